The number of carbonyl (C=O) groups is 1. The fraction of sp³-hybridized carbons (Fsp3) is 0.391. The standard InChI is InChI=1S/C23H28FN5O2S/c1-14(2)10-18-6-8-19-21(32(31,28-18)27-16-4-5-16)13-29(3)22(19)23(30)26-17-7-9-20(24)15(11-17)12-25/h6-9,11,13-14,16,18,32H,4-5,10H2,1-3H3,(H,26,30)(H2,27,28,31)/t18-/m1/s1. The van der Waals surface area contributed by atoms with Crippen LogP contribution in [0.5, 0.6) is 0 Å². The van der Waals surface area contributed by atoms with E-state index in [-0.39, 0.29) is 17.6 Å². The highest BCUT2D eigenvalue weighted by Gasteiger charge is 2.35. The molecular formula is C23H28FN5O2S. The van der Waals surface area contributed by atoms with Gasteiger partial charge < -0.3 is 9.88 Å². The van der Waals surface area contributed by atoms with Crippen molar-refractivity contribution in [1.29, 1.82) is 5.26 Å². The van der Waals surface area contributed by atoms with Gasteiger partial charge in [-0.3, -0.25) is 9.00 Å². The van der Waals surface area contributed by atoms with Gasteiger partial charge in [0, 0.05) is 46.9 Å². The molecule has 9 heteroatoms. The van der Waals surface area contributed by atoms with E-state index < -0.39 is 22.0 Å². The van der Waals surface area contributed by atoms with E-state index in [2.05, 4.69) is 28.6 Å². The summed E-state index contributed by atoms with van der Waals surface area (Å²) in [7, 11) is -1.42. The van der Waals surface area contributed by atoms with Crippen LogP contribution in [0.25, 0.3) is 6.08 Å². The molecule has 0 bridgehead atoms. The minimum atomic E-state index is -3.16. The quantitative estimate of drug-likeness (QED) is 0.501. The van der Waals surface area contributed by atoms with Crippen molar-refractivity contribution >= 4 is 28.0 Å². The lowest BCUT2D eigenvalue weighted by Gasteiger charge is -2.30. The van der Waals surface area contributed by atoms with Crippen molar-refractivity contribution in [3.05, 3.63) is 53.1 Å². The van der Waals surface area contributed by atoms with E-state index in [1.165, 1.54) is 12.1 Å². The van der Waals surface area contributed by atoms with Crippen molar-refractivity contribution in [2.24, 2.45) is 13.0 Å². The number of nitrogens with zero attached hydrogens (tertiary/aromatic N) is 2. The van der Waals surface area contributed by atoms with Crippen LogP contribution in [0.2, 0.25) is 0 Å². The lowest BCUT2D eigenvalue weighted by Crippen LogP contribution is -2.48. The zero-order valence-electron chi connectivity index (χ0n) is 18.4. The Morgan fingerprint density at radius 3 is 2.81 bits per heavy atom. The van der Waals surface area contributed by atoms with Gasteiger partial charge in [0.1, 0.15) is 17.6 Å². The van der Waals surface area contributed by atoms with Gasteiger partial charge in [0.15, 0.2) is 0 Å². The summed E-state index contributed by atoms with van der Waals surface area (Å²) in [6.07, 6.45) is 8.35. The fourth-order valence-electron chi connectivity index (χ4n) is 3.98. The van der Waals surface area contributed by atoms with Gasteiger partial charge in [-0.05, 0) is 43.4 Å². The molecule has 2 aromatic rings. The predicted octanol–water partition coefficient (Wildman–Crippen LogP) is 3.28. The van der Waals surface area contributed by atoms with E-state index in [0.717, 1.165) is 25.3 Å². The zero-order chi connectivity index (χ0) is 23.0. The van der Waals surface area contributed by atoms with Crippen LogP contribution in [-0.4, -0.2) is 26.8 Å². The molecule has 0 spiro atoms. The van der Waals surface area contributed by atoms with Crippen LogP contribution in [0.3, 0.4) is 0 Å². The summed E-state index contributed by atoms with van der Waals surface area (Å²) in [6, 6.07) is 5.74. The minimum Gasteiger partial charge on any atom is -0.345 e. The molecule has 3 N–H and O–H groups in total. The number of aromatic nitrogens is 1. The number of hydrogen-bond donors (Lipinski definition) is 4. The summed E-state index contributed by atoms with van der Waals surface area (Å²) in [5.41, 5.74) is 1.12. The van der Waals surface area contributed by atoms with Crippen LogP contribution in [0.15, 0.2) is 35.4 Å². The Morgan fingerprint density at radius 2 is 2.16 bits per heavy atom. The molecule has 1 aliphatic carbocycles. The average Bonchev–Trinajstić information content (AvgIpc) is 3.47. The molecular weight excluding hydrogens is 429 g/mol. The molecule has 0 saturated heterocycles. The number of thiol groups is 1. The maximum absolute atomic E-state index is 14.1. The smallest absolute Gasteiger partial charge is 0.272 e. The molecule has 32 heavy (non-hydrogen) atoms. The van der Waals surface area contributed by atoms with E-state index in [1.54, 1.807) is 23.9 Å². The summed E-state index contributed by atoms with van der Waals surface area (Å²) in [5, 5.41) is 11.8. The highest BCUT2D eigenvalue weighted by molar-refractivity contribution is 7.99. The summed E-state index contributed by atoms with van der Waals surface area (Å²) < 4.78 is 36.0. The van der Waals surface area contributed by atoms with Crippen molar-refractivity contribution in [3.63, 3.8) is 0 Å². The van der Waals surface area contributed by atoms with Crippen LogP contribution in [0.4, 0.5) is 10.1 Å². The average molecular weight is 458 g/mol. The Bertz CT molecular complexity index is 1180. The SMILES string of the molecule is CC(C)C[C@H]1C=Cc2c(cn(C)c2C(=O)Nc2ccc(F)c(C#N)c2)[SH](=O)(NC2CC2)N1. The van der Waals surface area contributed by atoms with Crippen molar-refractivity contribution < 1.29 is 13.4 Å². The first-order chi connectivity index (χ1) is 15.2. The van der Waals surface area contributed by atoms with Crippen molar-refractivity contribution in [3.8, 4) is 6.07 Å². The number of benzene rings is 1. The number of fused-ring (bicyclic) bond motifs is 1. The number of halogens is 1. The number of carbonyl (C=O) groups excluding carboxylic acids is 1. The molecule has 1 aromatic heterocycles. The van der Waals surface area contributed by atoms with E-state index >= 15 is 0 Å². The van der Waals surface area contributed by atoms with Crippen molar-refractivity contribution in [2.45, 2.75) is 50.1 Å². The Morgan fingerprint density at radius 1 is 1.41 bits per heavy atom. The molecule has 7 nitrogen and oxygen atoms in total. The largest absolute Gasteiger partial charge is 0.345 e. The van der Waals surface area contributed by atoms with Crippen LogP contribution in [0, 0.1) is 23.1 Å². The molecule has 1 atom stereocenters. The summed E-state index contributed by atoms with van der Waals surface area (Å²) >= 11 is 0. The second-order valence-corrected chi connectivity index (χ2v) is 11.1. The monoisotopic (exact) mass is 457 g/mol. The second-order valence-electron chi connectivity index (χ2n) is 8.88. The number of amides is 1. The maximum Gasteiger partial charge on any atom is 0.272 e. The molecule has 1 aromatic carbocycles. The summed E-state index contributed by atoms with van der Waals surface area (Å²) in [6.45, 7) is 4.23. The topological polar surface area (TPSA) is 99.0 Å². The minimum absolute atomic E-state index is 0.0870. The van der Waals surface area contributed by atoms with Gasteiger partial charge in [-0.25, -0.2) is 13.8 Å². The number of nitrogens with one attached hydrogen (secondary N) is 3. The van der Waals surface area contributed by atoms with Gasteiger partial charge in [-0.1, -0.05) is 26.0 Å². The molecule has 2 aliphatic rings. The number of rotatable bonds is 6. The predicted molar refractivity (Wildman–Crippen MR) is 124 cm³/mol. The van der Waals surface area contributed by atoms with Crippen LogP contribution in [0.1, 0.15) is 54.7 Å². The van der Waals surface area contributed by atoms with Gasteiger partial charge in [0.2, 0.25) is 0 Å². The number of aryl methyl sites for hydroxylation is 1. The molecule has 0 radical (unpaired) electrons. The number of hydrogen-bond acceptors (Lipinski definition) is 3. The molecule has 4 rings (SSSR count). The van der Waals surface area contributed by atoms with E-state index in [4.69, 9.17) is 5.26 Å². The Balaban J connectivity index is 1.72. The molecule has 1 aliphatic heterocycles. The first-order valence-corrected chi connectivity index (χ1v) is 12.5. The second kappa shape index (κ2) is 8.62. The third-order valence-electron chi connectivity index (χ3n) is 5.61. The number of anilines is 1. The third-order valence-corrected chi connectivity index (χ3v) is 8.07. The van der Waals surface area contributed by atoms with Gasteiger partial charge in [-0.15, -0.1) is 0 Å². The lowest BCUT2D eigenvalue weighted by molar-refractivity contribution is 0.101. The molecule has 1 fully saturated rings. The Kier molecular flexibility index (Phi) is 6.03. The van der Waals surface area contributed by atoms with Crippen LogP contribution in [-0.2, 0) is 17.4 Å². The van der Waals surface area contributed by atoms with E-state index in [1.807, 2.05) is 12.2 Å². The first-order valence-electron chi connectivity index (χ1n) is 10.7. The van der Waals surface area contributed by atoms with Crippen LogP contribution < -0.4 is 14.8 Å². The lowest BCUT2D eigenvalue weighted by atomic mass is 10.0. The normalized spacial score (nSPS) is 20.3. The molecule has 2 heterocycles. The van der Waals surface area contributed by atoms with Crippen molar-refractivity contribution in [1.82, 2.24) is 14.0 Å². The molecule has 170 valence electrons. The van der Waals surface area contributed by atoms with Gasteiger partial charge in [-0.2, -0.15) is 5.26 Å². The maximum atomic E-state index is 14.1. The van der Waals surface area contributed by atoms with Crippen molar-refractivity contribution in [2.75, 3.05) is 5.32 Å². The highest BCUT2D eigenvalue weighted by atomic mass is 32.3. The third kappa shape index (κ3) is 4.53. The van der Waals surface area contributed by atoms with E-state index in [0.29, 0.717) is 27.8 Å². The Hall–Kier alpha value is -2.80. The Labute approximate surface area is 188 Å². The van der Waals surface area contributed by atoms with Gasteiger partial charge in [0.25, 0.3) is 5.91 Å². The highest BCUT2D eigenvalue weighted by Crippen LogP contribution is 2.33. The fourth-order valence-corrected chi connectivity index (χ4v) is 6.62. The van der Waals surface area contributed by atoms with E-state index in [9.17, 15) is 13.4 Å². The van der Waals surface area contributed by atoms with Crippen LogP contribution >= 0.6 is 0 Å². The van der Waals surface area contributed by atoms with Gasteiger partial charge in [0.05, 0.1) is 10.5 Å². The molecule has 0 unspecified atom stereocenters. The first kappa shape index (κ1) is 22.4. The number of nitriles is 1. The van der Waals surface area contributed by atoms with Gasteiger partial charge >= 0.3 is 0 Å². The zero-order valence-corrected chi connectivity index (χ0v) is 19.2. The molecule has 1 saturated carbocycles. The summed E-state index contributed by atoms with van der Waals surface area (Å²) in [5.74, 6) is -0.657. The molecule has 1 amide bonds. The summed E-state index contributed by atoms with van der Waals surface area (Å²) in [4.78, 5) is 13.8.